The molecule has 3 rings (SSSR count). The standard InChI is InChI=1S/C17H15ClN2/c1-12-7-6-10-14(11-12)16-15(18)17(20(2)19-16)13-8-4-3-5-9-13/h3-11H,1-2H3. The second-order valence-corrected chi connectivity index (χ2v) is 5.25. The van der Waals surface area contributed by atoms with Gasteiger partial charge in [0, 0.05) is 18.2 Å². The van der Waals surface area contributed by atoms with Gasteiger partial charge < -0.3 is 0 Å². The number of hydrogen-bond donors (Lipinski definition) is 0. The van der Waals surface area contributed by atoms with Crippen molar-refractivity contribution in [3.63, 3.8) is 0 Å². The molecular formula is C17H15ClN2. The fraction of sp³-hybridized carbons (Fsp3) is 0.118. The van der Waals surface area contributed by atoms with Crippen LogP contribution in [0.2, 0.25) is 5.02 Å². The molecule has 1 heterocycles. The summed E-state index contributed by atoms with van der Waals surface area (Å²) < 4.78 is 1.84. The Morgan fingerprint density at radius 2 is 1.65 bits per heavy atom. The molecule has 0 unspecified atom stereocenters. The molecule has 0 bridgehead atoms. The molecule has 3 aromatic rings. The first kappa shape index (κ1) is 12.9. The van der Waals surface area contributed by atoms with Crippen LogP contribution in [0.3, 0.4) is 0 Å². The molecule has 0 radical (unpaired) electrons. The van der Waals surface area contributed by atoms with Gasteiger partial charge in [0.1, 0.15) is 5.69 Å². The molecule has 0 N–H and O–H groups in total. The van der Waals surface area contributed by atoms with Crippen LogP contribution in [0.15, 0.2) is 54.6 Å². The van der Waals surface area contributed by atoms with Crippen LogP contribution in [-0.2, 0) is 7.05 Å². The lowest BCUT2D eigenvalue weighted by Gasteiger charge is -2.02. The van der Waals surface area contributed by atoms with Crippen LogP contribution in [0.5, 0.6) is 0 Å². The zero-order valence-corrected chi connectivity index (χ0v) is 12.2. The fourth-order valence-corrected chi connectivity index (χ4v) is 2.76. The topological polar surface area (TPSA) is 17.8 Å². The van der Waals surface area contributed by atoms with Gasteiger partial charge in [0.2, 0.25) is 0 Å². The molecule has 0 atom stereocenters. The Kier molecular flexibility index (Phi) is 3.33. The smallest absolute Gasteiger partial charge is 0.112 e. The highest BCUT2D eigenvalue weighted by atomic mass is 35.5. The van der Waals surface area contributed by atoms with E-state index in [4.69, 9.17) is 11.6 Å². The summed E-state index contributed by atoms with van der Waals surface area (Å²) in [6.07, 6.45) is 0. The lowest BCUT2D eigenvalue weighted by molar-refractivity contribution is 0.779. The first-order valence-electron chi connectivity index (χ1n) is 6.52. The Morgan fingerprint density at radius 1 is 0.950 bits per heavy atom. The minimum absolute atomic E-state index is 0.698. The van der Waals surface area contributed by atoms with E-state index in [9.17, 15) is 0 Å². The van der Waals surface area contributed by atoms with Crippen LogP contribution in [-0.4, -0.2) is 9.78 Å². The molecule has 0 saturated heterocycles. The van der Waals surface area contributed by atoms with E-state index in [0.29, 0.717) is 5.02 Å². The molecule has 0 saturated carbocycles. The van der Waals surface area contributed by atoms with E-state index in [1.807, 2.05) is 54.2 Å². The highest BCUT2D eigenvalue weighted by Crippen LogP contribution is 2.35. The third-order valence-electron chi connectivity index (χ3n) is 3.33. The van der Waals surface area contributed by atoms with Gasteiger partial charge >= 0.3 is 0 Å². The number of nitrogens with zero attached hydrogens (tertiary/aromatic N) is 2. The number of aromatic nitrogens is 2. The van der Waals surface area contributed by atoms with Gasteiger partial charge in [-0.25, -0.2) is 0 Å². The number of halogens is 1. The predicted octanol–water partition coefficient (Wildman–Crippen LogP) is 4.72. The Balaban J connectivity index is 2.17. The van der Waals surface area contributed by atoms with Crippen molar-refractivity contribution in [2.75, 3.05) is 0 Å². The molecule has 1 aromatic heterocycles. The SMILES string of the molecule is Cc1cccc(-c2nn(C)c(-c3ccccc3)c2Cl)c1. The average molecular weight is 283 g/mol. The van der Waals surface area contributed by atoms with Crippen molar-refractivity contribution in [2.45, 2.75) is 6.92 Å². The second kappa shape index (κ2) is 5.14. The highest BCUT2D eigenvalue weighted by molar-refractivity contribution is 6.35. The summed E-state index contributed by atoms with van der Waals surface area (Å²) in [5.74, 6) is 0. The summed E-state index contributed by atoms with van der Waals surface area (Å²) >= 11 is 6.57. The molecule has 0 fully saturated rings. The summed E-state index contributed by atoms with van der Waals surface area (Å²) in [4.78, 5) is 0. The van der Waals surface area contributed by atoms with Crippen molar-refractivity contribution in [3.8, 4) is 22.5 Å². The second-order valence-electron chi connectivity index (χ2n) is 4.87. The first-order valence-corrected chi connectivity index (χ1v) is 6.89. The number of hydrogen-bond acceptors (Lipinski definition) is 1. The van der Waals surface area contributed by atoms with Gasteiger partial charge in [0.15, 0.2) is 0 Å². The molecule has 2 nitrogen and oxygen atoms in total. The fourth-order valence-electron chi connectivity index (χ4n) is 2.38. The number of benzene rings is 2. The molecule has 0 aliphatic rings. The van der Waals surface area contributed by atoms with E-state index in [0.717, 1.165) is 22.5 Å². The molecule has 100 valence electrons. The van der Waals surface area contributed by atoms with Gasteiger partial charge in [-0.1, -0.05) is 65.7 Å². The van der Waals surface area contributed by atoms with Crippen LogP contribution in [0, 0.1) is 6.92 Å². The first-order chi connectivity index (χ1) is 9.66. The van der Waals surface area contributed by atoms with Crippen molar-refractivity contribution in [2.24, 2.45) is 7.05 Å². The quantitative estimate of drug-likeness (QED) is 0.665. The van der Waals surface area contributed by atoms with Crippen LogP contribution in [0.4, 0.5) is 0 Å². The van der Waals surface area contributed by atoms with E-state index in [2.05, 4.69) is 24.2 Å². The molecule has 0 spiro atoms. The monoisotopic (exact) mass is 282 g/mol. The maximum Gasteiger partial charge on any atom is 0.112 e. The third-order valence-corrected chi connectivity index (χ3v) is 3.69. The summed E-state index contributed by atoms with van der Waals surface area (Å²) in [6, 6.07) is 18.3. The van der Waals surface area contributed by atoms with Crippen LogP contribution in [0.1, 0.15) is 5.56 Å². The van der Waals surface area contributed by atoms with Crippen molar-refractivity contribution in [1.29, 1.82) is 0 Å². The van der Waals surface area contributed by atoms with Crippen LogP contribution in [0.25, 0.3) is 22.5 Å². The van der Waals surface area contributed by atoms with Crippen molar-refractivity contribution in [3.05, 3.63) is 65.2 Å². The normalized spacial score (nSPS) is 10.8. The maximum absolute atomic E-state index is 6.57. The van der Waals surface area contributed by atoms with E-state index in [-0.39, 0.29) is 0 Å². The van der Waals surface area contributed by atoms with E-state index >= 15 is 0 Å². The maximum atomic E-state index is 6.57. The average Bonchev–Trinajstić information content (AvgIpc) is 2.75. The van der Waals surface area contributed by atoms with E-state index in [1.165, 1.54) is 5.56 Å². The Labute approximate surface area is 123 Å². The number of rotatable bonds is 2. The molecule has 0 aliphatic heterocycles. The molecule has 0 aliphatic carbocycles. The van der Waals surface area contributed by atoms with Gasteiger partial charge in [-0.2, -0.15) is 5.10 Å². The molecule has 3 heteroatoms. The number of aryl methyl sites for hydroxylation is 2. The molecule has 2 aromatic carbocycles. The van der Waals surface area contributed by atoms with Gasteiger partial charge in [-0.3, -0.25) is 4.68 Å². The highest BCUT2D eigenvalue weighted by Gasteiger charge is 2.17. The van der Waals surface area contributed by atoms with Gasteiger partial charge in [0.25, 0.3) is 0 Å². The lowest BCUT2D eigenvalue weighted by atomic mass is 10.1. The van der Waals surface area contributed by atoms with Crippen LogP contribution >= 0.6 is 11.6 Å². The summed E-state index contributed by atoms with van der Waals surface area (Å²) in [5.41, 5.74) is 5.10. The van der Waals surface area contributed by atoms with Crippen molar-refractivity contribution >= 4 is 11.6 Å². The van der Waals surface area contributed by atoms with Crippen molar-refractivity contribution in [1.82, 2.24) is 9.78 Å². The minimum Gasteiger partial charge on any atom is -0.266 e. The molecule has 20 heavy (non-hydrogen) atoms. The Morgan fingerprint density at radius 3 is 2.35 bits per heavy atom. The Hall–Kier alpha value is -2.06. The predicted molar refractivity (Wildman–Crippen MR) is 83.8 cm³/mol. The summed E-state index contributed by atoms with van der Waals surface area (Å²) in [7, 11) is 1.92. The van der Waals surface area contributed by atoms with E-state index in [1.54, 1.807) is 0 Å². The van der Waals surface area contributed by atoms with Crippen LogP contribution < -0.4 is 0 Å². The zero-order valence-electron chi connectivity index (χ0n) is 11.5. The van der Waals surface area contributed by atoms with Crippen molar-refractivity contribution < 1.29 is 0 Å². The summed E-state index contributed by atoms with van der Waals surface area (Å²) in [6.45, 7) is 2.07. The molecular weight excluding hydrogens is 268 g/mol. The minimum atomic E-state index is 0.698. The lowest BCUT2D eigenvalue weighted by Crippen LogP contribution is -1.93. The third kappa shape index (κ3) is 2.23. The summed E-state index contributed by atoms with van der Waals surface area (Å²) in [5, 5.41) is 5.28. The Bertz CT molecular complexity index is 745. The largest absolute Gasteiger partial charge is 0.266 e. The van der Waals surface area contributed by atoms with Gasteiger partial charge in [0.05, 0.1) is 10.7 Å². The van der Waals surface area contributed by atoms with Gasteiger partial charge in [-0.05, 0) is 13.0 Å². The van der Waals surface area contributed by atoms with Gasteiger partial charge in [-0.15, -0.1) is 0 Å². The van der Waals surface area contributed by atoms with E-state index < -0.39 is 0 Å². The zero-order chi connectivity index (χ0) is 14.1. The molecule has 0 amide bonds.